The van der Waals surface area contributed by atoms with E-state index in [0.717, 1.165) is 19.3 Å². The lowest BCUT2D eigenvalue weighted by molar-refractivity contribution is -0.118. The van der Waals surface area contributed by atoms with Crippen molar-refractivity contribution in [2.45, 2.75) is 38.3 Å². The second-order valence-electron chi connectivity index (χ2n) is 8.25. The van der Waals surface area contributed by atoms with Crippen molar-refractivity contribution in [1.29, 1.82) is 0 Å². The van der Waals surface area contributed by atoms with Gasteiger partial charge in [0.25, 0.3) is 0 Å². The molecule has 0 amide bonds. The number of carbonyl (C=O) groups excluding carboxylic acids is 1. The van der Waals surface area contributed by atoms with Gasteiger partial charge in [-0.25, -0.2) is 0 Å². The highest BCUT2D eigenvalue weighted by Crippen LogP contribution is 2.31. The minimum Gasteiger partial charge on any atom is -0.490 e. The molecule has 0 radical (unpaired) electrons. The van der Waals surface area contributed by atoms with Crippen LogP contribution < -0.4 is 20.3 Å². The molecule has 168 valence electrons. The number of ketones is 1. The van der Waals surface area contributed by atoms with Gasteiger partial charge in [0, 0.05) is 24.0 Å². The molecule has 7 heteroatoms. The summed E-state index contributed by atoms with van der Waals surface area (Å²) >= 11 is 0. The molecular weight excluding hydrogens is 408 g/mol. The van der Waals surface area contributed by atoms with Gasteiger partial charge in [0.05, 0.1) is 5.52 Å². The Labute approximate surface area is 186 Å². The third-order valence-electron chi connectivity index (χ3n) is 5.67. The molecule has 32 heavy (non-hydrogen) atoms. The van der Waals surface area contributed by atoms with Gasteiger partial charge >= 0.3 is 0 Å². The predicted octanol–water partition coefficient (Wildman–Crippen LogP) is 2.38. The maximum atomic E-state index is 11.8. The molecule has 0 saturated carbocycles. The first-order valence-corrected chi connectivity index (χ1v) is 10.9. The Morgan fingerprint density at radius 2 is 1.91 bits per heavy atom. The summed E-state index contributed by atoms with van der Waals surface area (Å²) in [5.41, 5.74) is 2.97. The molecule has 1 aliphatic rings. The Balaban J connectivity index is 1.36. The summed E-state index contributed by atoms with van der Waals surface area (Å²) in [5.74, 6) is 0.811. The van der Waals surface area contributed by atoms with Crippen molar-refractivity contribution in [3.8, 4) is 11.5 Å². The van der Waals surface area contributed by atoms with Gasteiger partial charge in [-0.15, -0.1) is 0 Å². The summed E-state index contributed by atoms with van der Waals surface area (Å²) in [6, 6.07) is 15.3. The van der Waals surface area contributed by atoms with E-state index in [-0.39, 0.29) is 24.6 Å². The topological polar surface area (TPSA) is 101 Å². The van der Waals surface area contributed by atoms with Crippen molar-refractivity contribution in [1.82, 2.24) is 10.3 Å². The SMILES string of the molecule is CC(=O)COc1ccc(OCC(O)CNC2CCc3ccccc3C2)c2ccc(=O)[nH]c12. The van der Waals surface area contributed by atoms with Gasteiger partial charge in [0.2, 0.25) is 5.56 Å². The number of aliphatic hydroxyl groups is 1. The van der Waals surface area contributed by atoms with E-state index in [1.54, 1.807) is 18.2 Å². The number of benzene rings is 2. The van der Waals surface area contributed by atoms with Gasteiger partial charge in [-0.2, -0.15) is 0 Å². The summed E-state index contributed by atoms with van der Waals surface area (Å²) in [6.45, 7) is 1.89. The minimum atomic E-state index is -0.682. The lowest BCUT2D eigenvalue weighted by Crippen LogP contribution is -2.40. The molecule has 0 bridgehead atoms. The number of aromatic nitrogens is 1. The van der Waals surface area contributed by atoms with Crippen LogP contribution in [0.25, 0.3) is 10.9 Å². The molecule has 2 atom stereocenters. The second-order valence-corrected chi connectivity index (χ2v) is 8.25. The van der Waals surface area contributed by atoms with E-state index in [0.29, 0.717) is 35.0 Å². The number of ether oxygens (including phenoxy) is 2. The quantitative estimate of drug-likeness (QED) is 0.476. The molecule has 2 aromatic carbocycles. The highest BCUT2D eigenvalue weighted by atomic mass is 16.5. The van der Waals surface area contributed by atoms with E-state index in [9.17, 15) is 14.7 Å². The Morgan fingerprint density at radius 3 is 2.72 bits per heavy atom. The lowest BCUT2D eigenvalue weighted by atomic mass is 9.88. The standard InChI is InChI=1S/C25H28N2O5/c1-16(28)14-31-23-10-9-22(21-8-11-24(30)27-25(21)23)32-15-20(29)13-26-19-7-6-17-4-2-3-5-18(17)12-19/h2-5,8-11,19-20,26,29H,6-7,12-15H2,1H3,(H,27,30). The zero-order valence-corrected chi connectivity index (χ0v) is 18.1. The van der Waals surface area contributed by atoms with Gasteiger partial charge < -0.3 is 24.9 Å². The number of H-pyrrole nitrogens is 1. The fraction of sp³-hybridized carbons (Fsp3) is 0.360. The van der Waals surface area contributed by atoms with Crippen molar-refractivity contribution >= 4 is 16.7 Å². The Morgan fingerprint density at radius 1 is 1.12 bits per heavy atom. The number of hydrogen-bond donors (Lipinski definition) is 3. The molecule has 4 rings (SSSR count). The van der Waals surface area contributed by atoms with Crippen LogP contribution in [-0.4, -0.2) is 47.8 Å². The van der Waals surface area contributed by atoms with E-state index < -0.39 is 6.10 Å². The van der Waals surface area contributed by atoms with E-state index in [1.807, 2.05) is 0 Å². The normalized spacial score (nSPS) is 16.4. The average Bonchev–Trinajstić information content (AvgIpc) is 2.80. The molecule has 1 heterocycles. The predicted molar refractivity (Wildman–Crippen MR) is 123 cm³/mol. The maximum absolute atomic E-state index is 11.8. The molecule has 0 aliphatic heterocycles. The van der Waals surface area contributed by atoms with Gasteiger partial charge in [-0.1, -0.05) is 24.3 Å². The molecule has 1 aliphatic carbocycles. The van der Waals surface area contributed by atoms with Crippen LogP contribution in [0.1, 0.15) is 24.5 Å². The monoisotopic (exact) mass is 436 g/mol. The van der Waals surface area contributed by atoms with Crippen molar-refractivity contribution < 1.29 is 19.4 Å². The number of Topliss-reactive ketones (excluding diaryl/α,β-unsaturated/α-hetero) is 1. The molecule has 3 aromatic rings. The van der Waals surface area contributed by atoms with Crippen LogP contribution >= 0.6 is 0 Å². The van der Waals surface area contributed by atoms with Crippen LogP contribution in [0.15, 0.2) is 53.3 Å². The van der Waals surface area contributed by atoms with Gasteiger partial charge in [-0.3, -0.25) is 9.59 Å². The third kappa shape index (κ3) is 5.36. The largest absolute Gasteiger partial charge is 0.490 e. The molecule has 7 nitrogen and oxygen atoms in total. The molecule has 3 N–H and O–H groups in total. The summed E-state index contributed by atoms with van der Waals surface area (Å²) in [7, 11) is 0. The smallest absolute Gasteiger partial charge is 0.248 e. The van der Waals surface area contributed by atoms with Crippen LogP contribution in [0, 0.1) is 0 Å². The van der Waals surface area contributed by atoms with Crippen LogP contribution in [0.3, 0.4) is 0 Å². The second kappa shape index (κ2) is 9.97. The van der Waals surface area contributed by atoms with Crippen LogP contribution in [0.5, 0.6) is 11.5 Å². The first-order valence-electron chi connectivity index (χ1n) is 10.9. The van der Waals surface area contributed by atoms with Crippen LogP contribution in [-0.2, 0) is 17.6 Å². The maximum Gasteiger partial charge on any atom is 0.248 e. The fourth-order valence-corrected chi connectivity index (χ4v) is 4.04. The summed E-state index contributed by atoms with van der Waals surface area (Å²) < 4.78 is 11.4. The Kier molecular flexibility index (Phi) is 6.87. The van der Waals surface area contributed by atoms with E-state index in [4.69, 9.17) is 9.47 Å². The van der Waals surface area contributed by atoms with Crippen molar-refractivity contribution in [2.75, 3.05) is 19.8 Å². The summed E-state index contributed by atoms with van der Waals surface area (Å²) in [5, 5.41) is 14.5. The molecule has 2 unspecified atom stereocenters. The highest BCUT2D eigenvalue weighted by Gasteiger charge is 2.19. The van der Waals surface area contributed by atoms with Crippen LogP contribution in [0.4, 0.5) is 0 Å². The Hall–Kier alpha value is -3.16. The fourth-order valence-electron chi connectivity index (χ4n) is 4.04. The number of fused-ring (bicyclic) bond motifs is 2. The van der Waals surface area contributed by atoms with E-state index >= 15 is 0 Å². The van der Waals surface area contributed by atoms with Gasteiger partial charge in [0.15, 0.2) is 5.78 Å². The molecule has 0 fully saturated rings. The molecule has 1 aromatic heterocycles. The number of carbonyl (C=O) groups is 1. The third-order valence-corrected chi connectivity index (χ3v) is 5.67. The molecule has 0 spiro atoms. The minimum absolute atomic E-state index is 0.0811. The zero-order chi connectivity index (χ0) is 22.5. The number of nitrogens with one attached hydrogen (secondary N) is 2. The Bertz CT molecular complexity index is 1160. The van der Waals surface area contributed by atoms with Gasteiger partial charge in [-0.05, 0) is 55.5 Å². The number of aryl methyl sites for hydroxylation is 1. The number of aliphatic hydroxyl groups excluding tert-OH is 1. The molecular formula is C25H28N2O5. The summed E-state index contributed by atoms with van der Waals surface area (Å²) in [6.07, 6.45) is 2.37. The number of hydrogen-bond acceptors (Lipinski definition) is 6. The first kappa shape index (κ1) is 22.0. The highest BCUT2D eigenvalue weighted by molar-refractivity contribution is 5.90. The molecule has 0 saturated heterocycles. The van der Waals surface area contributed by atoms with Crippen molar-refractivity contribution in [3.63, 3.8) is 0 Å². The van der Waals surface area contributed by atoms with Crippen molar-refractivity contribution in [3.05, 3.63) is 70.0 Å². The van der Waals surface area contributed by atoms with Gasteiger partial charge in [0.1, 0.15) is 30.8 Å². The van der Waals surface area contributed by atoms with Crippen LogP contribution in [0.2, 0.25) is 0 Å². The first-order chi connectivity index (χ1) is 15.5. The number of aromatic amines is 1. The number of pyridine rings is 1. The number of rotatable bonds is 9. The average molecular weight is 437 g/mol. The lowest BCUT2D eigenvalue weighted by Gasteiger charge is -2.26. The van der Waals surface area contributed by atoms with E-state index in [2.05, 4.69) is 34.6 Å². The van der Waals surface area contributed by atoms with Crippen molar-refractivity contribution in [2.24, 2.45) is 0 Å². The summed E-state index contributed by atoms with van der Waals surface area (Å²) in [4.78, 5) is 25.8. The zero-order valence-electron chi connectivity index (χ0n) is 18.1. The van der Waals surface area contributed by atoms with E-state index in [1.165, 1.54) is 24.1 Å².